The molecular weight excluding hydrogens is 330 g/mol. The van der Waals surface area contributed by atoms with Gasteiger partial charge in [0.25, 0.3) is 0 Å². The first-order valence-electron chi connectivity index (χ1n) is 5.77. The Labute approximate surface area is 127 Å². The molecule has 0 radical (unpaired) electrons. The van der Waals surface area contributed by atoms with E-state index in [2.05, 4.69) is 4.98 Å². The number of aromatic nitrogens is 1. The molecule has 0 unspecified atom stereocenters. The molecule has 0 saturated heterocycles. The average molecular weight is 338 g/mol. The van der Waals surface area contributed by atoms with Crippen molar-refractivity contribution in [2.75, 3.05) is 6.61 Å². The van der Waals surface area contributed by atoms with Crippen LogP contribution in [-0.2, 0) is 10.9 Å². The van der Waals surface area contributed by atoms with Gasteiger partial charge in [0.15, 0.2) is 0 Å². The Kier molecular flexibility index (Phi) is 4.30. The van der Waals surface area contributed by atoms with Gasteiger partial charge in [-0.25, -0.2) is 4.79 Å². The van der Waals surface area contributed by atoms with Gasteiger partial charge in [0.05, 0.1) is 33.3 Å². The Bertz CT molecular complexity index is 717. The molecule has 0 N–H and O–H groups in total. The van der Waals surface area contributed by atoms with Crippen molar-refractivity contribution in [3.05, 3.63) is 39.5 Å². The molecular formula is C13H8Cl2F3NO2. The molecule has 21 heavy (non-hydrogen) atoms. The van der Waals surface area contributed by atoms with Gasteiger partial charge in [-0.3, -0.25) is 4.98 Å². The fraction of sp³-hybridized carbons (Fsp3) is 0.231. The van der Waals surface area contributed by atoms with Crippen LogP contribution in [0, 0.1) is 0 Å². The van der Waals surface area contributed by atoms with Gasteiger partial charge in [0.2, 0.25) is 0 Å². The van der Waals surface area contributed by atoms with Crippen LogP contribution in [0.25, 0.3) is 10.9 Å². The van der Waals surface area contributed by atoms with Gasteiger partial charge < -0.3 is 4.74 Å². The van der Waals surface area contributed by atoms with Gasteiger partial charge in [-0.15, -0.1) is 0 Å². The molecule has 8 heteroatoms. The summed E-state index contributed by atoms with van der Waals surface area (Å²) in [5, 5.41) is -0.408. The number of carbonyl (C=O) groups excluding carboxylic acids is 1. The van der Waals surface area contributed by atoms with Crippen LogP contribution in [0.3, 0.4) is 0 Å². The first kappa shape index (κ1) is 15.9. The molecule has 1 aromatic heterocycles. The first-order valence-corrected chi connectivity index (χ1v) is 6.53. The monoisotopic (exact) mass is 337 g/mol. The van der Waals surface area contributed by atoms with Crippen molar-refractivity contribution in [3.63, 3.8) is 0 Å². The zero-order chi connectivity index (χ0) is 15.8. The summed E-state index contributed by atoms with van der Waals surface area (Å²) in [5.74, 6) is -0.701. The van der Waals surface area contributed by atoms with E-state index in [0.29, 0.717) is 0 Å². The van der Waals surface area contributed by atoms with Crippen molar-refractivity contribution in [2.45, 2.75) is 13.1 Å². The molecule has 0 aliphatic carbocycles. The number of nitrogens with zero attached hydrogens (tertiary/aromatic N) is 1. The van der Waals surface area contributed by atoms with Crippen molar-refractivity contribution in [3.8, 4) is 0 Å². The minimum atomic E-state index is -4.60. The number of esters is 1. The molecule has 112 valence electrons. The number of carbonyl (C=O) groups is 1. The van der Waals surface area contributed by atoms with E-state index in [1.165, 1.54) is 0 Å². The second-order valence-corrected chi connectivity index (χ2v) is 4.84. The molecule has 0 atom stereocenters. The van der Waals surface area contributed by atoms with E-state index in [-0.39, 0.29) is 28.1 Å². The third-order valence-corrected chi connectivity index (χ3v) is 3.41. The quantitative estimate of drug-likeness (QED) is 0.743. The second-order valence-electron chi connectivity index (χ2n) is 4.05. The summed E-state index contributed by atoms with van der Waals surface area (Å²) in [4.78, 5) is 15.5. The largest absolute Gasteiger partial charge is 0.462 e. The smallest absolute Gasteiger partial charge is 0.417 e. The Balaban J connectivity index is 2.65. The Morgan fingerprint density at radius 3 is 2.57 bits per heavy atom. The summed E-state index contributed by atoms with van der Waals surface area (Å²) in [5.41, 5.74) is -1.05. The van der Waals surface area contributed by atoms with Crippen molar-refractivity contribution in [1.82, 2.24) is 4.98 Å². The molecule has 0 aliphatic rings. The number of pyridine rings is 1. The molecule has 2 rings (SSSR count). The van der Waals surface area contributed by atoms with Crippen LogP contribution in [0.4, 0.5) is 13.2 Å². The highest BCUT2D eigenvalue weighted by Gasteiger charge is 2.34. The first-order chi connectivity index (χ1) is 9.75. The lowest BCUT2D eigenvalue weighted by molar-refractivity contribution is -0.137. The Hall–Kier alpha value is -1.53. The number of ether oxygens (including phenoxy) is 1. The van der Waals surface area contributed by atoms with E-state index >= 15 is 0 Å². The van der Waals surface area contributed by atoms with E-state index in [1.807, 2.05) is 0 Å². The standard InChI is InChI=1S/C13H8Cl2F3NO2/c1-2-21-12(20)7-5-19-10-4-8(13(16,17)18)9(14)3-6(10)11(7)15/h3-5H,2H2,1H3. The highest BCUT2D eigenvalue weighted by atomic mass is 35.5. The summed E-state index contributed by atoms with van der Waals surface area (Å²) >= 11 is 11.7. The highest BCUT2D eigenvalue weighted by Crippen LogP contribution is 2.38. The summed E-state index contributed by atoms with van der Waals surface area (Å²) in [6.07, 6.45) is -3.52. The van der Waals surface area contributed by atoms with Crippen LogP contribution in [0.15, 0.2) is 18.3 Å². The number of rotatable bonds is 2. The molecule has 0 amide bonds. The van der Waals surface area contributed by atoms with Crippen LogP contribution >= 0.6 is 23.2 Å². The molecule has 3 nitrogen and oxygen atoms in total. The number of hydrogen-bond donors (Lipinski definition) is 0. The fourth-order valence-corrected chi connectivity index (χ4v) is 2.30. The van der Waals surface area contributed by atoms with E-state index in [0.717, 1.165) is 18.3 Å². The lowest BCUT2D eigenvalue weighted by Crippen LogP contribution is -2.08. The molecule has 0 bridgehead atoms. The van der Waals surface area contributed by atoms with Gasteiger partial charge in [-0.1, -0.05) is 23.2 Å². The van der Waals surface area contributed by atoms with Crippen LogP contribution in [-0.4, -0.2) is 17.6 Å². The number of halogens is 5. The zero-order valence-corrected chi connectivity index (χ0v) is 12.1. The predicted molar refractivity (Wildman–Crippen MR) is 72.7 cm³/mol. The normalized spacial score (nSPS) is 11.7. The summed E-state index contributed by atoms with van der Waals surface area (Å²) in [6.45, 7) is 1.76. The van der Waals surface area contributed by atoms with E-state index in [4.69, 9.17) is 27.9 Å². The van der Waals surface area contributed by atoms with Crippen LogP contribution in [0.1, 0.15) is 22.8 Å². The molecule has 2 aromatic rings. The van der Waals surface area contributed by atoms with Crippen LogP contribution in [0.2, 0.25) is 10.0 Å². The van der Waals surface area contributed by atoms with Crippen LogP contribution in [0.5, 0.6) is 0 Å². The third-order valence-electron chi connectivity index (χ3n) is 2.69. The van der Waals surface area contributed by atoms with Gasteiger partial charge >= 0.3 is 12.1 Å². The lowest BCUT2D eigenvalue weighted by Gasteiger charge is -2.12. The van der Waals surface area contributed by atoms with Crippen molar-refractivity contribution in [2.24, 2.45) is 0 Å². The predicted octanol–water partition coefficient (Wildman–Crippen LogP) is 4.74. The molecule has 1 heterocycles. The fourth-order valence-electron chi connectivity index (χ4n) is 1.75. The Morgan fingerprint density at radius 1 is 1.33 bits per heavy atom. The maximum absolute atomic E-state index is 12.8. The number of alkyl halides is 3. The third kappa shape index (κ3) is 3.06. The summed E-state index contributed by atoms with van der Waals surface area (Å²) in [6, 6.07) is 1.83. The second kappa shape index (κ2) is 5.69. The molecule has 0 saturated carbocycles. The molecule has 0 spiro atoms. The average Bonchev–Trinajstić information content (AvgIpc) is 2.38. The molecule has 0 aliphatic heterocycles. The van der Waals surface area contributed by atoms with Gasteiger partial charge in [-0.2, -0.15) is 13.2 Å². The lowest BCUT2D eigenvalue weighted by atomic mass is 10.1. The van der Waals surface area contributed by atoms with E-state index < -0.39 is 22.7 Å². The minimum absolute atomic E-state index is 0.00947. The zero-order valence-electron chi connectivity index (χ0n) is 10.6. The SMILES string of the molecule is CCOC(=O)c1cnc2cc(C(F)(F)F)c(Cl)cc2c1Cl. The topological polar surface area (TPSA) is 39.2 Å². The maximum Gasteiger partial charge on any atom is 0.417 e. The van der Waals surface area contributed by atoms with Crippen molar-refractivity contribution < 1.29 is 22.7 Å². The number of hydrogen-bond acceptors (Lipinski definition) is 3. The highest BCUT2D eigenvalue weighted by molar-refractivity contribution is 6.39. The Morgan fingerprint density at radius 2 is 2.00 bits per heavy atom. The van der Waals surface area contributed by atoms with Gasteiger partial charge in [0.1, 0.15) is 0 Å². The van der Waals surface area contributed by atoms with E-state index in [1.54, 1.807) is 6.92 Å². The van der Waals surface area contributed by atoms with Crippen molar-refractivity contribution in [1.29, 1.82) is 0 Å². The molecule has 1 aromatic carbocycles. The number of fused-ring (bicyclic) bond motifs is 1. The van der Waals surface area contributed by atoms with E-state index in [9.17, 15) is 18.0 Å². The minimum Gasteiger partial charge on any atom is -0.462 e. The van der Waals surface area contributed by atoms with Gasteiger partial charge in [-0.05, 0) is 19.1 Å². The van der Waals surface area contributed by atoms with Crippen LogP contribution < -0.4 is 0 Å². The number of benzene rings is 1. The summed E-state index contributed by atoms with van der Waals surface area (Å²) < 4.78 is 43.1. The molecule has 0 fully saturated rings. The van der Waals surface area contributed by atoms with Crippen molar-refractivity contribution >= 4 is 40.1 Å². The maximum atomic E-state index is 12.8. The summed E-state index contributed by atoms with van der Waals surface area (Å²) in [7, 11) is 0. The van der Waals surface area contributed by atoms with Gasteiger partial charge in [0, 0.05) is 11.6 Å².